The molecule has 0 spiro atoms. The van der Waals surface area contributed by atoms with Crippen LogP contribution in [0.3, 0.4) is 0 Å². The van der Waals surface area contributed by atoms with Gasteiger partial charge in [0, 0.05) is 23.7 Å². The van der Waals surface area contributed by atoms with E-state index < -0.39 is 6.04 Å². The Morgan fingerprint density at radius 2 is 2.00 bits per heavy atom. The summed E-state index contributed by atoms with van der Waals surface area (Å²) in [5.41, 5.74) is 0.479. The zero-order valence-corrected chi connectivity index (χ0v) is 14.2. The summed E-state index contributed by atoms with van der Waals surface area (Å²) in [5, 5.41) is 6.23. The molecule has 1 aromatic carbocycles. The molecular weight excluding hydrogens is 316 g/mol. The van der Waals surface area contributed by atoms with Crippen molar-refractivity contribution >= 4 is 23.4 Å². The second kappa shape index (κ2) is 8.31. The molecule has 2 rings (SSSR count). The van der Waals surface area contributed by atoms with Crippen LogP contribution in [0, 0.1) is 5.92 Å². The van der Waals surface area contributed by atoms with Crippen LogP contribution < -0.4 is 10.6 Å². The molecule has 1 aliphatic rings. The van der Waals surface area contributed by atoms with Gasteiger partial charge in [-0.25, -0.2) is 0 Å². The topological polar surface area (TPSA) is 67.4 Å². The number of carbonyl (C=O) groups is 2. The fourth-order valence-electron chi connectivity index (χ4n) is 2.49. The van der Waals surface area contributed by atoms with Crippen molar-refractivity contribution in [1.29, 1.82) is 0 Å². The highest BCUT2D eigenvalue weighted by atomic mass is 35.5. The molecule has 5 nitrogen and oxygen atoms in total. The number of halogens is 1. The summed E-state index contributed by atoms with van der Waals surface area (Å²) in [6.45, 7) is 5.04. The van der Waals surface area contributed by atoms with E-state index in [1.165, 1.54) is 0 Å². The molecule has 1 aliphatic heterocycles. The van der Waals surface area contributed by atoms with Crippen LogP contribution in [0.2, 0.25) is 5.02 Å². The first kappa shape index (κ1) is 17.8. The van der Waals surface area contributed by atoms with Crippen molar-refractivity contribution in [2.45, 2.75) is 38.8 Å². The van der Waals surface area contributed by atoms with Crippen molar-refractivity contribution in [3.63, 3.8) is 0 Å². The van der Waals surface area contributed by atoms with Crippen LogP contribution in [0.5, 0.6) is 0 Å². The zero-order chi connectivity index (χ0) is 16.8. The minimum absolute atomic E-state index is 0.0178. The van der Waals surface area contributed by atoms with Crippen molar-refractivity contribution in [3.05, 3.63) is 34.9 Å². The lowest BCUT2D eigenvalue weighted by Gasteiger charge is -2.22. The second-order valence-electron chi connectivity index (χ2n) is 6.08. The van der Waals surface area contributed by atoms with E-state index in [9.17, 15) is 9.59 Å². The van der Waals surface area contributed by atoms with Gasteiger partial charge in [0.15, 0.2) is 0 Å². The lowest BCUT2D eigenvalue weighted by molar-refractivity contribution is -0.124. The second-order valence-corrected chi connectivity index (χ2v) is 6.52. The fraction of sp³-hybridized carbons (Fsp3) is 0.529. The predicted molar refractivity (Wildman–Crippen MR) is 89.5 cm³/mol. The quantitative estimate of drug-likeness (QED) is 0.837. The van der Waals surface area contributed by atoms with Gasteiger partial charge in [0.05, 0.1) is 6.10 Å². The summed E-state index contributed by atoms with van der Waals surface area (Å²) < 4.78 is 5.49. The number of carbonyl (C=O) groups excluding carboxylic acids is 2. The average molecular weight is 339 g/mol. The standard InChI is InChI=1S/C17H23ClN2O3/c1-11(2)15(17(22)19-10-14-4-3-9-23-14)20-16(21)12-5-7-13(18)8-6-12/h5-8,11,14-15H,3-4,9-10H2,1-2H3,(H,19,22)(H,20,21)/t14-,15+/m1/s1. The summed E-state index contributed by atoms with van der Waals surface area (Å²) in [5.74, 6) is -0.485. The molecule has 126 valence electrons. The largest absolute Gasteiger partial charge is 0.376 e. The Morgan fingerprint density at radius 1 is 1.30 bits per heavy atom. The van der Waals surface area contributed by atoms with Gasteiger partial charge < -0.3 is 15.4 Å². The first-order valence-corrected chi connectivity index (χ1v) is 8.31. The highest BCUT2D eigenvalue weighted by Gasteiger charge is 2.26. The third kappa shape index (κ3) is 5.22. The van der Waals surface area contributed by atoms with E-state index in [1.807, 2.05) is 13.8 Å². The molecule has 2 N–H and O–H groups in total. The number of hydrogen-bond donors (Lipinski definition) is 2. The fourth-order valence-corrected chi connectivity index (χ4v) is 2.62. The number of benzene rings is 1. The highest BCUT2D eigenvalue weighted by Crippen LogP contribution is 2.12. The predicted octanol–water partition coefficient (Wildman–Crippen LogP) is 2.39. The van der Waals surface area contributed by atoms with Crippen molar-refractivity contribution in [2.75, 3.05) is 13.2 Å². The van der Waals surface area contributed by atoms with Crippen LogP contribution in [0.25, 0.3) is 0 Å². The number of hydrogen-bond acceptors (Lipinski definition) is 3. The summed E-state index contributed by atoms with van der Waals surface area (Å²) in [6, 6.07) is 6.00. The molecule has 0 unspecified atom stereocenters. The van der Waals surface area contributed by atoms with Gasteiger partial charge in [-0.1, -0.05) is 25.4 Å². The Labute approximate surface area is 141 Å². The molecule has 0 radical (unpaired) electrons. The van der Waals surface area contributed by atoms with E-state index in [0.717, 1.165) is 19.4 Å². The van der Waals surface area contributed by atoms with E-state index in [-0.39, 0.29) is 23.8 Å². The van der Waals surface area contributed by atoms with Gasteiger partial charge in [0.1, 0.15) is 6.04 Å². The highest BCUT2D eigenvalue weighted by molar-refractivity contribution is 6.30. The summed E-state index contributed by atoms with van der Waals surface area (Å²) in [4.78, 5) is 24.6. The van der Waals surface area contributed by atoms with E-state index in [1.54, 1.807) is 24.3 Å². The van der Waals surface area contributed by atoms with Gasteiger partial charge in [-0.15, -0.1) is 0 Å². The molecule has 1 fully saturated rings. The van der Waals surface area contributed by atoms with Crippen LogP contribution in [0.15, 0.2) is 24.3 Å². The number of rotatable bonds is 6. The first-order chi connectivity index (χ1) is 11.0. The summed E-state index contributed by atoms with van der Waals surface area (Å²) >= 11 is 5.82. The molecule has 1 saturated heterocycles. The van der Waals surface area contributed by atoms with Crippen LogP contribution in [-0.2, 0) is 9.53 Å². The molecule has 1 aromatic rings. The van der Waals surface area contributed by atoms with Crippen molar-refractivity contribution in [3.8, 4) is 0 Å². The molecule has 0 saturated carbocycles. The number of nitrogens with one attached hydrogen (secondary N) is 2. The van der Waals surface area contributed by atoms with Gasteiger partial charge in [0.2, 0.25) is 5.91 Å². The maximum absolute atomic E-state index is 12.4. The average Bonchev–Trinajstić information content (AvgIpc) is 3.03. The van der Waals surface area contributed by atoms with Gasteiger partial charge >= 0.3 is 0 Å². The Bertz CT molecular complexity index is 539. The smallest absolute Gasteiger partial charge is 0.251 e. The van der Waals surface area contributed by atoms with Gasteiger partial charge in [-0.3, -0.25) is 9.59 Å². The van der Waals surface area contributed by atoms with Gasteiger partial charge in [0.25, 0.3) is 5.91 Å². The van der Waals surface area contributed by atoms with E-state index in [0.29, 0.717) is 17.1 Å². The molecule has 1 heterocycles. The normalized spacial score (nSPS) is 18.7. The van der Waals surface area contributed by atoms with Crippen LogP contribution in [-0.4, -0.2) is 37.1 Å². The third-order valence-electron chi connectivity index (χ3n) is 3.87. The lowest BCUT2D eigenvalue weighted by atomic mass is 10.0. The van der Waals surface area contributed by atoms with Crippen LogP contribution in [0.1, 0.15) is 37.0 Å². The molecule has 2 amide bonds. The monoisotopic (exact) mass is 338 g/mol. The van der Waals surface area contributed by atoms with E-state index in [4.69, 9.17) is 16.3 Å². The third-order valence-corrected chi connectivity index (χ3v) is 4.12. The number of amides is 2. The van der Waals surface area contributed by atoms with E-state index in [2.05, 4.69) is 10.6 Å². The molecule has 0 aromatic heterocycles. The van der Waals surface area contributed by atoms with Gasteiger partial charge in [-0.2, -0.15) is 0 Å². The molecule has 0 aliphatic carbocycles. The Balaban J connectivity index is 1.92. The minimum Gasteiger partial charge on any atom is -0.376 e. The Hall–Kier alpha value is -1.59. The molecule has 0 bridgehead atoms. The van der Waals surface area contributed by atoms with Crippen LogP contribution >= 0.6 is 11.6 Å². The number of ether oxygens (including phenoxy) is 1. The van der Waals surface area contributed by atoms with Crippen molar-refractivity contribution < 1.29 is 14.3 Å². The molecule has 23 heavy (non-hydrogen) atoms. The summed E-state index contributed by atoms with van der Waals surface area (Å²) in [6.07, 6.45) is 2.07. The first-order valence-electron chi connectivity index (χ1n) is 7.93. The van der Waals surface area contributed by atoms with Crippen molar-refractivity contribution in [1.82, 2.24) is 10.6 Å². The Kier molecular flexibility index (Phi) is 6.42. The van der Waals surface area contributed by atoms with Crippen LogP contribution in [0.4, 0.5) is 0 Å². The molecular formula is C17H23ClN2O3. The maximum atomic E-state index is 12.4. The minimum atomic E-state index is -0.584. The Morgan fingerprint density at radius 3 is 2.57 bits per heavy atom. The zero-order valence-electron chi connectivity index (χ0n) is 13.5. The van der Waals surface area contributed by atoms with Crippen molar-refractivity contribution in [2.24, 2.45) is 5.92 Å². The summed E-state index contributed by atoms with van der Waals surface area (Å²) in [7, 11) is 0. The maximum Gasteiger partial charge on any atom is 0.251 e. The molecule has 6 heteroatoms. The SMILES string of the molecule is CC(C)[C@H](NC(=O)c1ccc(Cl)cc1)C(=O)NC[C@H]1CCCO1. The molecule has 2 atom stereocenters. The lowest BCUT2D eigenvalue weighted by Crippen LogP contribution is -2.50. The van der Waals surface area contributed by atoms with Gasteiger partial charge in [-0.05, 0) is 43.0 Å². The van der Waals surface area contributed by atoms with E-state index >= 15 is 0 Å².